The van der Waals surface area contributed by atoms with E-state index in [-0.39, 0.29) is 27.6 Å². The van der Waals surface area contributed by atoms with E-state index in [1.54, 1.807) is 30.3 Å². The first-order chi connectivity index (χ1) is 15.4. The fourth-order valence-electron chi connectivity index (χ4n) is 3.87. The fraction of sp³-hybridized carbons (Fsp3) is 0.333. The lowest BCUT2D eigenvalue weighted by atomic mass is 10.0. The quantitative estimate of drug-likeness (QED) is 0.529. The van der Waals surface area contributed by atoms with Gasteiger partial charge in [0.05, 0.1) is 10.6 Å². The molecule has 0 unspecified atom stereocenters. The van der Waals surface area contributed by atoms with Gasteiger partial charge in [-0.3, -0.25) is 4.79 Å². The van der Waals surface area contributed by atoms with Crippen LogP contribution in [0, 0.1) is 6.92 Å². The summed E-state index contributed by atoms with van der Waals surface area (Å²) in [5, 5.41) is 0.353. The average molecular weight is 470 g/mol. The Morgan fingerprint density at radius 3 is 2.53 bits per heavy atom. The second-order valence-corrected chi connectivity index (χ2v) is 11.0. The first-order valence-corrected chi connectivity index (χ1v) is 13.2. The average Bonchev–Trinajstić information content (AvgIpc) is 3.24. The first kappa shape index (κ1) is 22.6. The summed E-state index contributed by atoms with van der Waals surface area (Å²) in [5.41, 5.74) is 1.90. The number of likely N-dealkylation sites (tertiary alicyclic amines) is 1. The predicted molar refractivity (Wildman–Crippen MR) is 126 cm³/mol. The van der Waals surface area contributed by atoms with E-state index >= 15 is 0 Å². The van der Waals surface area contributed by atoms with Crippen molar-refractivity contribution in [3.63, 3.8) is 0 Å². The summed E-state index contributed by atoms with van der Waals surface area (Å²) in [6.45, 7) is 4.81. The summed E-state index contributed by atoms with van der Waals surface area (Å²) in [7, 11) is -3.81. The number of rotatable bonds is 6. The van der Waals surface area contributed by atoms with Gasteiger partial charge in [0, 0.05) is 18.2 Å². The van der Waals surface area contributed by atoms with Crippen molar-refractivity contribution in [2.45, 2.75) is 54.1 Å². The van der Waals surface area contributed by atoms with Gasteiger partial charge in [-0.15, -0.1) is 0 Å². The molecule has 1 fully saturated rings. The molecule has 0 aliphatic carbocycles. The Hall–Kier alpha value is -2.58. The molecule has 1 atom stereocenters. The molecule has 3 aromatic rings. The number of hydrogen-bond acceptors (Lipinski definition) is 5. The Bertz CT molecular complexity index is 1190. The van der Waals surface area contributed by atoms with Gasteiger partial charge in [0.1, 0.15) is 10.9 Å². The highest BCUT2D eigenvalue weighted by Crippen LogP contribution is 2.32. The van der Waals surface area contributed by atoms with Crippen molar-refractivity contribution in [2.75, 3.05) is 12.3 Å². The maximum atomic E-state index is 13.4. The van der Waals surface area contributed by atoms with Crippen molar-refractivity contribution >= 4 is 27.5 Å². The van der Waals surface area contributed by atoms with E-state index in [1.165, 1.54) is 11.8 Å². The van der Waals surface area contributed by atoms with E-state index in [0.29, 0.717) is 10.9 Å². The molecule has 0 spiro atoms. The molecule has 1 aromatic heterocycles. The number of carbonyl (C=O) groups is 1. The third kappa shape index (κ3) is 4.76. The molecule has 1 aliphatic rings. The number of aryl methyl sites for hydroxylation is 1. The number of H-pyrrole nitrogens is 1. The van der Waals surface area contributed by atoms with Crippen LogP contribution in [0.15, 0.2) is 69.5 Å². The largest absolute Gasteiger partial charge is 0.339 e. The lowest BCUT2D eigenvalue weighted by Crippen LogP contribution is -2.42. The highest BCUT2D eigenvalue weighted by Gasteiger charge is 2.28. The maximum absolute atomic E-state index is 13.4. The number of imidazole rings is 1. The minimum absolute atomic E-state index is 0.0187. The molecule has 1 N–H and O–H groups in total. The zero-order chi connectivity index (χ0) is 22.7. The second-order valence-electron chi connectivity index (χ2n) is 8.12. The maximum Gasteiger partial charge on any atom is 0.233 e. The minimum Gasteiger partial charge on any atom is -0.339 e. The number of piperidine rings is 1. The topological polar surface area (TPSA) is 83.1 Å². The van der Waals surface area contributed by atoms with Crippen LogP contribution in [0.1, 0.15) is 31.7 Å². The van der Waals surface area contributed by atoms with Crippen LogP contribution in [0.5, 0.6) is 0 Å². The van der Waals surface area contributed by atoms with Crippen LogP contribution < -0.4 is 0 Å². The van der Waals surface area contributed by atoms with Crippen LogP contribution in [0.4, 0.5) is 0 Å². The standard InChI is InChI=1S/C24H27N3O3S2/c1-17-11-13-19(14-12-17)22-25-23(31-16-21(28)27-15-7-6-8-18(27)2)24(26-22)32(29,30)20-9-4-3-5-10-20/h3-5,9-14,18H,6-8,15-16H2,1-2H3,(H,25,26)/t18-/m0/s1. The monoisotopic (exact) mass is 469 g/mol. The zero-order valence-corrected chi connectivity index (χ0v) is 19.9. The van der Waals surface area contributed by atoms with Crippen LogP contribution in [-0.4, -0.2) is 47.5 Å². The minimum atomic E-state index is -3.81. The molecule has 0 saturated carbocycles. The van der Waals surface area contributed by atoms with E-state index in [0.717, 1.165) is 36.9 Å². The van der Waals surface area contributed by atoms with Crippen molar-refractivity contribution in [1.29, 1.82) is 0 Å². The Balaban J connectivity index is 1.66. The molecule has 168 valence electrons. The Morgan fingerprint density at radius 2 is 1.84 bits per heavy atom. The lowest BCUT2D eigenvalue weighted by molar-refractivity contribution is -0.131. The van der Waals surface area contributed by atoms with Gasteiger partial charge in [0.15, 0.2) is 5.03 Å². The Morgan fingerprint density at radius 1 is 1.12 bits per heavy atom. The van der Waals surface area contributed by atoms with Gasteiger partial charge in [-0.25, -0.2) is 13.4 Å². The molecule has 0 bridgehead atoms. The van der Waals surface area contributed by atoms with E-state index in [9.17, 15) is 13.2 Å². The summed E-state index contributed by atoms with van der Waals surface area (Å²) >= 11 is 1.18. The number of thioether (sulfide) groups is 1. The van der Waals surface area contributed by atoms with Gasteiger partial charge in [-0.1, -0.05) is 59.8 Å². The van der Waals surface area contributed by atoms with Crippen molar-refractivity contribution in [3.05, 3.63) is 60.2 Å². The Kier molecular flexibility index (Phi) is 6.71. The van der Waals surface area contributed by atoms with Gasteiger partial charge < -0.3 is 9.88 Å². The molecule has 32 heavy (non-hydrogen) atoms. The summed E-state index contributed by atoms with van der Waals surface area (Å²) in [5.74, 6) is 0.644. The third-order valence-corrected chi connectivity index (χ3v) is 8.56. The summed E-state index contributed by atoms with van der Waals surface area (Å²) in [4.78, 5) is 22.6. The zero-order valence-electron chi connectivity index (χ0n) is 18.2. The molecule has 1 amide bonds. The summed E-state index contributed by atoms with van der Waals surface area (Å²) in [6.07, 6.45) is 3.15. The Labute approximate surface area is 193 Å². The van der Waals surface area contributed by atoms with Crippen LogP contribution in [-0.2, 0) is 14.6 Å². The van der Waals surface area contributed by atoms with Crippen LogP contribution in [0.3, 0.4) is 0 Å². The molecule has 8 heteroatoms. The van der Waals surface area contributed by atoms with Gasteiger partial charge in [-0.2, -0.15) is 0 Å². The third-order valence-electron chi connectivity index (χ3n) is 5.74. The number of nitrogens with one attached hydrogen (secondary N) is 1. The van der Waals surface area contributed by atoms with Crippen LogP contribution in [0.25, 0.3) is 11.4 Å². The number of benzene rings is 2. The number of amides is 1. The van der Waals surface area contributed by atoms with Crippen molar-refractivity contribution in [3.8, 4) is 11.4 Å². The molecule has 1 aliphatic heterocycles. The van der Waals surface area contributed by atoms with Crippen LogP contribution in [0.2, 0.25) is 0 Å². The van der Waals surface area contributed by atoms with E-state index in [4.69, 9.17) is 0 Å². The van der Waals surface area contributed by atoms with Gasteiger partial charge in [-0.05, 0) is 45.2 Å². The number of hydrogen-bond donors (Lipinski definition) is 1. The van der Waals surface area contributed by atoms with Crippen molar-refractivity contribution in [1.82, 2.24) is 14.9 Å². The smallest absolute Gasteiger partial charge is 0.233 e. The SMILES string of the molecule is Cc1ccc(-c2nc(SCC(=O)N3CCCC[C@@H]3C)c(S(=O)(=O)c3ccccc3)[nH]2)cc1. The number of sulfone groups is 1. The number of aromatic nitrogens is 2. The van der Waals surface area contributed by atoms with E-state index in [2.05, 4.69) is 16.9 Å². The summed E-state index contributed by atoms with van der Waals surface area (Å²) < 4.78 is 26.7. The highest BCUT2D eigenvalue weighted by molar-refractivity contribution is 8.00. The van der Waals surface area contributed by atoms with Gasteiger partial charge in [0.25, 0.3) is 0 Å². The van der Waals surface area contributed by atoms with Crippen LogP contribution >= 0.6 is 11.8 Å². The second kappa shape index (κ2) is 9.50. The molecule has 2 aromatic carbocycles. The van der Waals surface area contributed by atoms with E-state index < -0.39 is 9.84 Å². The first-order valence-electron chi connectivity index (χ1n) is 10.8. The molecular weight excluding hydrogens is 442 g/mol. The molecule has 2 heterocycles. The van der Waals surface area contributed by atoms with Crippen molar-refractivity contribution < 1.29 is 13.2 Å². The number of carbonyl (C=O) groups excluding carboxylic acids is 1. The molecule has 4 rings (SSSR count). The molecule has 6 nitrogen and oxygen atoms in total. The molecule has 1 saturated heterocycles. The van der Waals surface area contributed by atoms with Gasteiger partial charge >= 0.3 is 0 Å². The van der Waals surface area contributed by atoms with Gasteiger partial charge in [0.2, 0.25) is 15.7 Å². The lowest BCUT2D eigenvalue weighted by Gasteiger charge is -2.33. The normalized spacial score (nSPS) is 16.8. The molecule has 0 radical (unpaired) electrons. The van der Waals surface area contributed by atoms with E-state index in [1.807, 2.05) is 36.1 Å². The summed E-state index contributed by atoms with van der Waals surface area (Å²) in [6, 6.07) is 16.2. The number of nitrogens with zero attached hydrogens (tertiary/aromatic N) is 2. The number of aromatic amines is 1. The molecular formula is C24H27N3O3S2. The fourth-order valence-corrected chi connectivity index (χ4v) is 6.40. The van der Waals surface area contributed by atoms with Crippen molar-refractivity contribution in [2.24, 2.45) is 0 Å². The predicted octanol–water partition coefficient (Wildman–Crippen LogP) is 4.71. The highest BCUT2D eigenvalue weighted by atomic mass is 32.2.